The molecule has 0 rings (SSSR count). The maximum atomic E-state index is 0. The van der Waals surface area contributed by atoms with Crippen molar-refractivity contribution < 1.29 is 77.2 Å². The number of halogens is 2. The van der Waals surface area contributed by atoms with E-state index in [0.717, 1.165) is 0 Å². The van der Waals surface area contributed by atoms with Gasteiger partial charge in [-0.15, -0.1) is 0 Å². The third-order valence-electron chi connectivity index (χ3n) is 0. The monoisotopic (exact) mass is 190 g/mol. The Balaban J connectivity index is 0. The van der Waals surface area contributed by atoms with Crippen molar-refractivity contribution in [2.45, 2.75) is 0 Å². The summed E-state index contributed by atoms with van der Waals surface area (Å²) in [5.41, 5.74) is 0. The van der Waals surface area contributed by atoms with Crippen LogP contribution >= 0.6 is 0 Å². The first kappa shape index (κ1) is 59.5. The zero-order valence-electron chi connectivity index (χ0n) is 3.26. The topological polar surface area (TPSA) is 31.5 Å². The van der Waals surface area contributed by atoms with Crippen molar-refractivity contribution in [2.75, 3.05) is 0 Å². The minimum absolute atomic E-state index is 0. The van der Waals surface area contributed by atoms with E-state index in [1.165, 1.54) is 0 Å². The molecule has 5 heavy (non-hydrogen) atoms. The van der Waals surface area contributed by atoms with Crippen molar-refractivity contribution in [1.29, 1.82) is 0 Å². The Morgan fingerprint density at radius 2 is 0.600 bits per heavy atom. The summed E-state index contributed by atoms with van der Waals surface area (Å²) in [6.45, 7) is 0. The second kappa shape index (κ2) is 35.8. The molecule has 0 aliphatic rings. The molecule has 2 N–H and O–H groups in total. The Kier molecular flexibility index (Phi) is 426. The van der Waals surface area contributed by atoms with Gasteiger partial charge in [-0.25, -0.2) is 0 Å². The van der Waals surface area contributed by atoms with Gasteiger partial charge >= 0.3 is 37.7 Å². The molecule has 0 spiro atoms. The van der Waals surface area contributed by atoms with Gasteiger partial charge in [0, 0.05) is 0 Å². The van der Waals surface area contributed by atoms with Crippen LogP contribution in [0.1, 0.15) is 0 Å². The van der Waals surface area contributed by atoms with Crippen molar-refractivity contribution in [2.24, 2.45) is 0 Å². The first-order valence-electron chi connectivity index (χ1n) is 0. The van der Waals surface area contributed by atoms with Gasteiger partial charge in [0.2, 0.25) is 0 Å². The molecular formula is H2Br2Li2O. The maximum absolute atomic E-state index is 0. The Labute approximate surface area is 76.5 Å². The van der Waals surface area contributed by atoms with E-state index in [1.54, 1.807) is 0 Å². The predicted octanol–water partition coefficient (Wildman–Crippen LogP) is -12.8. The molecule has 0 bridgehead atoms. The van der Waals surface area contributed by atoms with Crippen molar-refractivity contribution in [3.8, 4) is 0 Å². The van der Waals surface area contributed by atoms with Gasteiger partial charge < -0.3 is 39.4 Å². The molecule has 0 aliphatic carbocycles. The summed E-state index contributed by atoms with van der Waals surface area (Å²) < 4.78 is 0. The summed E-state index contributed by atoms with van der Waals surface area (Å²) in [7, 11) is 0. The van der Waals surface area contributed by atoms with Gasteiger partial charge in [-0.2, -0.15) is 0 Å². The van der Waals surface area contributed by atoms with Crippen molar-refractivity contribution in [3.63, 3.8) is 0 Å². The van der Waals surface area contributed by atoms with Crippen LogP contribution < -0.4 is 71.7 Å². The molecule has 0 aromatic rings. The first-order valence-corrected chi connectivity index (χ1v) is 0. The van der Waals surface area contributed by atoms with Gasteiger partial charge in [0.25, 0.3) is 0 Å². The van der Waals surface area contributed by atoms with Crippen LogP contribution in [0.25, 0.3) is 0 Å². The van der Waals surface area contributed by atoms with Crippen molar-refractivity contribution >= 4 is 0 Å². The van der Waals surface area contributed by atoms with Crippen LogP contribution in [-0.2, 0) is 0 Å². The summed E-state index contributed by atoms with van der Waals surface area (Å²) >= 11 is 0. The van der Waals surface area contributed by atoms with Gasteiger partial charge in [0.15, 0.2) is 0 Å². The molecule has 0 amide bonds. The molecule has 0 fully saturated rings. The number of hydrogen-bond acceptors (Lipinski definition) is 0. The predicted molar refractivity (Wildman–Crippen MR) is 3.61 cm³/mol. The van der Waals surface area contributed by atoms with E-state index in [4.69, 9.17) is 0 Å². The molecule has 0 aliphatic heterocycles. The normalized spacial score (nSPS) is 0. The molecule has 24 valence electrons. The minimum Gasteiger partial charge on any atom is -1.00 e. The Hall–Kier alpha value is 2.11. The Morgan fingerprint density at radius 1 is 0.600 bits per heavy atom. The molecule has 0 unspecified atom stereocenters. The summed E-state index contributed by atoms with van der Waals surface area (Å²) in [5, 5.41) is 0. The molecule has 1 nitrogen and oxygen atoms in total. The van der Waals surface area contributed by atoms with E-state index in [0.29, 0.717) is 0 Å². The average Bonchev–Trinajstić information content (AvgIpc) is 0. The fourth-order valence-electron chi connectivity index (χ4n) is 0. The molecule has 0 aromatic carbocycles. The zero-order chi connectivity index (χ0) is 0. The zero-order valence-corrected chi connectivity index (χ0v) is 6.43. The molecule has 0 radical (unpaired) electrons. The van der Waals surface area contributed by atoms with E-state index < -0.39 is 0 Å². The molecule has 0 saturated carbocycles. The summed E-state index contributed by atoms with van der Waals surface area (Å²) in [6.07, 6.45) is 0. The standard InChI is InChI=1S/2BrH.2Li.H2O/h2*1H;;;1H2/q;;2*+1;/p-2. The van der Waals surface area contributed by atoms with Gasteiger partial charge in [0.05, 0.1) is 0 Å². The van der Waals surface area contributed by atoms with Crippen LogP contribution in [0.15, 0.2) is 0 Å². The average molecular weight is 192 g/mol. The second-order valence-corrected chi connectivity index (χ2v) is 0. The SMILES string of the molecule is O.[Br-].[Br-].[Li+].[Li+]. The number of hydrogen-bond donors (Lipinski definition) is 0. The van der Waals surface area contributed by atoms with Crippen LogP contribution in [0.3, 0.4) is 0 Å². The van der Waals surface area contributed by atoms with Crippen LogP contribution in [0, 0.1) is 0 Å². The second-order valence-electron chi connectivity index (χ2n) is 0. The van der Waals surface area contributed by atoms with E-state index in [9.17, 15) is 0 Å². The largest absolute Gasteiger partial charge is 1.00 e. The van der Waals surface area contributed by atoms with Gasteiger partial charge in [-0.1, -0.05) is 0 Å². The molecule has 0 heterocycles. The minimum atomic E-state index is 0. The smallest absolute Gasteiger partial charge is 1.00 e. The van der Waals surface area contributed by atoms with Gasteiger partial charge in [0.1, 0.15) is 0 Å². The molecule has 0 atom stereocenters. The van der Waals surface area contributed by atoms with E-state index in [2.05, 4.69) is 0 Å². The molecule has 0 saturated heterocycles. The van der Waals surface area contributed by atoms with Crippen LogP contribution in [-0.4, -0.2) is 5.48 Å². The third kappa shape index (κ3) is 23.1. The van der Waals surface area contributed by atoms with Crippen LogP contribution in [0.4, 0.5) is 0 Å². The van der Waals surface area contributed by atoms with Crippen LogP contribution in [0.2, 0.25) is 0 Å². The van der Waals surface area contributed by atoms with Crippen LogP contribution in [0.5, 0.6) is 0 Å². The summed E-state index contributed by atoms with van der Waals surface area (Å²) in [5.74, 6) is 0. The van der Waals surface area contributed by atoms with Gasteiger partial charge in [-0.3, -0.25) is 0 Å². The third-order valence-corrected chi connectivity index (χ3v) is 0. The van der Waals surface area contributed by atoms with E-state index in [-0.39, 0.29) is 77.2 Å². The fourth-order valence-corrected chi connectivity index (χ4v) is 0. The van der Waals surface area contributed by atoms with Crippen molar-refractivity contribution in [3.05, 3.63) is 0 Å². The molecule has 0 aromatic heterocycles. The number of rotatable bonds is 0. The maximum Gasteiger partial charge on any atom is 1.00 e. The molecule has 5 heteroatoms. The summed E-state index contributed by atoms with van der Waals surface area (Å²) in [4.78, 5) is 0. The van der Waals surface area contributed by atoms with E-state index in [1.807, 2.05) is 0 Å². The Morgan fingerprint density at radius 3 is 0.600 bits per heavy atom. The fraction of sp³-hybridized carbons (Fsp3) is 0. The first-order chi connectivity index (χ1) is 0. The molecular weight excluding hydrogens is 190 g/mol. The summed E-state index contributed by atoms with van der Waals surface area (Å²) in [6, 6.07) is 0. The van der Waals surface area contributed by atoms with E-state index >= 15 is 0 Å². The quantitative estimate of drug-likeness (QED) is 0.341. The Bertz CT molecular complexity index is 7.61. The van der Waals surface area contributed by atoms with Gasteiger partial charge in [-0.05, 0) is 0 Å². The van der Waals surface area contributed by atoms with Crippen molar-refractivity contribution in [1.82, 2.24) is 0 Å².